The largest absolute Gasteiger partial charge is 0.419 e. The van der Waals surface area contributed by atoms with Crippen LogP contribution in [0.15, 0.2) is 41.6 Å². The molecule has 3 heterocycles. The highest BCUT2D eigenvalue weighted by molar-refractivity contribution is 5.84. The number of aromatic amines is 1. The summed E-state index contributed by atoms with van der Waals surface area (Å²) in [5.41, 5.74) is -0.293. The summed E-state index contributed by atoms with van der Waals surface area (Å²) in [5.74, 6) is 0.216. The molecule has 1 fully saturated rings. The number of nitrogens with one attached hydrogen (secondary N) is 1. The van der Waals surface area contributed by atoms with Crippen LogP contribution in [0.1, 0.15) is 37.0 Å². The average molecular weight is 490 g/mol. The van der Waals surface area contributed by atoms with E-state index in [1.165, 1.54) is 0 Å². The molecule has 1 atom stereocenters. The number of hydrogen-bond acceptors (Lipinski definition) is 7. The summed E-state index contributed by atoms with van der Waals surface area (Å²) in [6.45, 7) is 4.04. The summed E-state index contributed by atoms with van der Waals surface area (Å²) < 4.78 is 43.9. The van der Waals surface area contributed by atoms with Gasteiger partial charge in [0, 0.05) is 57.0 Å². The van der Waals surface area contributed by atoms with Crippen molar-refractivity contribution in [3.63, 3.8) is 0 Å². The van der Waals surface area contributed by atoms with Crippen LogP contribution in [0.25, 0.3) is 10.8 Å². The number of aromatic nitrogens is 4. The molecule has 1 N–H and O–H groups in total. The molecule has 0 aliphatic carbocycles. The second-order valence-corrected chi connectivity index (χ2v) is 8.26. The van der Waals surface area contributed by atoms with Gasteiger partial charge in [-0.05, 0) is 25.0 Å². The lowest BCUT2D eigenvalue weighted by atomic mass is 10.0. The maximum absolute atomic E-state index is 12.7. The van der Waals surface area contributed by atoms with Gasteiger partial charge in [0.1, 0.15) is 0 Å². The topological polar surface area (TPSA) is 104 Å². The molecule has 1 aliphatic rings. The Bertz CT molecular complexity index is 1220. The van der Waals surface area contributed by atoms with Crippen molar-refractivity contribution in [1.82, 2.24) is 25.1 Å². The van der Waals surface area contributed by atoms with Crippen molar-refractivity contribution in [3.05, 3.63) is 58.3 Å². The van der Waals surface area contributed by atoms with Crippen LogP contribution in [0.3, 0.4) is 0 Å². The zero-order valence-corrected chi connectivity index (χ0v) is 19.1. The van der Waals surface area contributed by atoms with Crippen molar-refractivity contribution >= 4 is 22.6 Å². The van der Waals surface area contributed by atoms with Crippen LogP contribution in [0, 0.1) is 0 Å². The first-order valence-electron chi connectivity index (χ1n) is 11.2. The maximum Gasteiger partial charge on any atom is 0.419 e. The lowest BCUT2D eigenvalue weighted by molar-refractivity contribution is -0.138. The normalized spacial score (nSPS) is 15.4. The molecular formula is C23H25F3N6O3. The van der Waals surface area contributed by atoms with Gasteiger partial charge in [-0.1, -0.05) is 12.1 Å². The van der Waals surface area contributed by atoms with Gasteiger partial charge in [0.2, 0.25) is 11.9 Å². The molecule has 9 nitrogen and oxygen atoms in total. The van der Waals surface area contributed by atoms with Gasteiger partial charge in [-0.15, -0.1) is 0 Å². The molecule has 1 saturated heterocycles. The quantitative estimate of drug-likeness (QED) is 0.508. The number of benzene rings is 1. The number of carbonyl (C=O) groups is 1. The Kier molecular flexibility index (Phi) is 7.29. The molecule has 2 aromatic heterocycles. The van der Waals surface area contributed by atoms with Crippen LogP contribution in [0.2, 0.25) is 0 Å². The fourth-order valence-corrected chi connectivity index (χ4v) is 4.01. The third-order valence-corrected chi connectivity index (χ3v) is 5.97. The molecule has 1 amide bonds. The molecule has 1 aromatic carbocycles. The number of amides is 1. The second kappa shape index (κ2) is 10.4. The molecule has 0 radical (unpaired) electrons. The van der Waals surface area contributed by atoms with E-state index in [1.807, 2.05) is 13.0 Å². The van der Waals surface area contributed by atoms with Gasteiger partial charge in [0.15, 0.2) is 0 Å². The highest BCUT2D eigenvalue weighted by Crippen LogP contribution is 2.28. The predicted molar refractivity (Wildman–Crippen MR) is 122 cm³/mol. The molecule has 1 unspecified atom stereocenters. The Morgan fingerprint density at radius 3 is 2.51 bits per heavy atom. The van der Waals surface area contributed by atoms with Crippen molar-refractivity contribution < 1.29 is 22.7 Å². The third kappa shape index (κ3) is 5.76. The molecule has 0 spiro atoms. The molecule has 3 aromatic rings. The Labute approximate surface area is 198 Å². The average Bonchev–Trinajstić information content (AvgIpc) is 2.86. The van der Waals surface area contributed by atoms with Crippen LogP contribution in [-0.4, -0.2) is 63.8 Å². The van der Waals surface area contributed by atoms with E-state index in [0.717, 1.165) is 23.3 Å². The van der Waals surface area contributed by atoms with Crippen molar-refractivity contribution in [3.8, 4) is 0 Å². The smallest absolute Gasteiger partial charge is 0.374 e. The minimum Gasteiger partial charge on any atom is -0.374 e. The van der Waals surface area contributed by atoms with Crippen LogP contribution >= 0.6 is 0 Å². The van der Waals surface area contributed by atoms with Crippen molar-refractivity contribution in [2.45, 2.75) is 32.0 Å². The van der Waals surface area contributed by atoms with Crippen molar-refractivity contribution in [2.24, 2.45) is 0 Å². The summed E-state index contributed by atoms with van der Waals surface area (Å²) in [4.78, 5) is 35.6. The highest BCUT2D eigenvalue weighted by atomic mass is 19.4. The van der Waals surface area contributed by atoms with Gasteiger partial charge in [0.25, 0.3) is 5.56 Å². The summed E-state index contributed by atoms with van der Waals surface area (Å²) >= 11 is 0. The SMILES string of the molecule is CC(OCCCC(=O)N1CCN(c2ncc(C(F)(F)F)cn2)CC1)c1cccc2c(=O)[nH]ncc12. The zero-order valence-electron chi connectivity index (χ0n) is 19.1. The monoisotopic (exact) mass is 490 g/mol. The number of ether oxygens (including phenoxy) is 1. The van der Waals surface area contributed by atoms with E-state index < -0.39 is 11.7 Å². The van der Waals surface area contributed by atoms with E-state index in [4.69, 9.17) is 4.74 Å². The molecule has 4 rings (SSSR count). The molecule has 186 valence electrons. The number of H-pyrrole nitrogens is 1. The summed E-state index contributed by atoms with van der Waals surface area (Å²) in [7, 11) is 0. The minimum atomic E-state index is -4.48. The Morgan fingerprint density at radius 2 is 1.83 bits per heavy atom. The lowest BCUT2D eigenvalue weighted by Crippen LogP contribution is -2.49. The predicted octanol–water partition coefficient (Wildman–Crippen LogP) is 2.94. The molecule has 0 saturated carbocycles. The standard InChI is InChI=1S/C23H25F3N6O3/c1-15(17-4-2-5-18-19(17)14-29-30-21(18)34)35-11-3-6-20(33)31-7-9-32(10-8-31)22-27-12-16(13-28-22)23(24,25)26/h2,4-5,12-15H,3,6-11H2,1H3,(H,30,34). The van der Waals surface area contributed by atoms with Crippen LogP contribution in [0.5, 0.6) is 0 Å². The van der Waals surface area contributed by atoms with E-state index in [9.17, 15) is 22.8 Å². The Hall–Kier alpha value is -3.54. The van der Waals surface area contributed by atoms with E-state index in [2.05, 4.69) is 20.2 Å². The number of carbonyl (C=O) groups excluding carboxylic acids is 1. The maximum atomic E-state index is 12.7. The number of rotatable bonds is 7. The molecule has 12 heteroatoms. The summed E-state index contributed by atoms with van der Waals surface area (Å²) in [6.07, 6.45) is -0.748. The van der Waals surface area contributed by atoms with Gasteiger partial charge in [-0.2, -0.15) is 18.3 Å². The third-order valence-electron chi connectivity index (χ3n) is 5.97. The number of piperazine rings is 1. The number of nitrogens with zero attached hydrogens (tertiary/aromatic N) is 5. The first-order valence-corrected chi connectivity index (χ1v) is 11.2. The summed E-state index contributed by atoms with van der Waals surface area (Å²) in [6, 6.07) is 5.42. The fraction of sp³-hybridized carbons (Fsp3) is 0.435. The molecular weight excluding hydrogens is 465 g/mol. The van der Waals surface area contributed by atoms with Gasteiger partial charge in [-0.25, -0.2) is 15.1 Å². The van der Waals surface area contributed by atoms with Gasteiger partial charge >= 0.3 is 6.18 Å². The first kappa shape index (κ1) is 24.6. The first-order chi connectivity index (χ1) is 16.7. The summed E-state index contributed by atoms with van der Waals surface area (Å²) in [5, 5.41) is 7.56. The van der Waals surface area contributed by atoms with Crippen LogP contribution < -0.4 is 10.5 Å². The second-order valence-electron chi connectivity index (χ2n) is 8.26. The van der Waals surface area contributed by atoms with Gasteiger partial charge in [-0.3, -0.25) is 9.59 Å². The Morgan fingerprint density at radius 1 is 1.11 bits per heavy atom. The molecule has 0 bridgehead atoms. The van der Waals surface area contributed by atoms with Crippen LogP contribution in [-0.2, 0) is 15.7 Å². The van der Waals surface area contributed by atoms with E-state index in [0.29, 0.717) is 51.0 Å². The number of hydrogen-bond donors (Lipinski definition) is 1. The number of halogens is 3. The number of fused-ring (bicyclic) bond motifs is 1. The van der Waals surface area contributed by atoms with E-state index in [-0.39, 0.29) is 23.5 Å². The number of anilines is 1. The minimum absolute atomic E-state index is 0.00450. The zero-order chi connectivity index (χ0) is 25.0. The lowest BCUT2D eigenvalue weighted by Gasteiger charge is -2.34. The number of alkyl halides is 3. The van der Waals surface area contributed by atoms with Gasteiger partial charge < -0.3 is 14.5 Å². The highest BCUT2D eigenvalue weighted by Gasteiger charge is 2.32. The van der Waals surface area contributed by atoms with Crippen molar-refractivity contribution in [1.29, 1.82) is 0 Å². The molecule has 1 aliphatic heterocycles. The van der Waals surface area contributed by atoms with E-state index >= 15 is 0 Å². The van der Waals surface area contributed by atoms with Crippen LogP contribution in [0.4, 0.5) is 19.1 Å². The Balaban J connectivity index is 1.22. The molecule has 35 heavy (non-hydrogen) atoms. The van der Waals surface area contributed by atoms with E-state index in [1.54, 1.807) is 28.1 Å². The van der Waals surface area contributed by atoms with Crippen molar-refractivity contribution in [2.75, 3.05) is 37.7 Å². The van der Waals surface area contributed by atoms with Gasteiger partial charge in [0.05, 0.1) is 23.3 Å². The fourth-order valence-electron chi connectivity index (χ4n) is 4.01.